The predicted octanol–water partition coefficient (Wildman–Crippen LogP) is 3.72. The second-order valence-corrected chi connectivity index (χ2v) is 3.60. The van der Waals surface area contributed by atoms with E-state index in [2.05, 4.69) is 0 Å². The second kappa shape index (κ2) is 4.60. The van der Waals surface area contributed by atoms with Gasteiger partial charge in [0.2, 0.25) is 0 Å². The SMILES string of the molecule is O=Cc1ccc(-c2c(F)cc(F)cc2F)cc1F. The van der Waals surface area contributed by atoms with E-state index in [1.54, 1.807) is 0 Å². The van der Waals surface area contributed by atoms with Crippen molar-refractivity contribution >= 4 is 6.29 Å². The van der Waals surface area contributed by atoms with Crippen molar-refractivity contribution in [1.82, 2.24) is 0 Å². The third kappa shape index (κ3) is 2.11. The van der Waals surface area contributed by atoms with Gasteiger partial charge in [-0.25, -0.2) is 17.6 Å². The molecule has 0 heterocycles. The Hall–Kier alpha value is -2.17. The van der Waals surface area contributed by atoms with E-state index < -0.39 is 28.8 Å². The number of carbonyl (C=O) groups is 1. The summed E-state index contributed by atoms with van der Waals surface area (Å²) in [6, 6.07) is 4.11. The van der Waals surface area contributed by atoms with Gasteiger partial charge in [-0.2, -0.15) is 0 Å². The highest BCUT2D eigenvalue weighted by atomic mass is 19.1. The van der Waals surface area contributed by atoms with Crippen molar-refractivity contribution in [1.29, 1.82) is 0 Å². The number of rotatable bonds is 2. The van der Waals surface area contributed by atoms with E-state index in [1.165, 1.54) is 6.07 Å². The lowest BCUT2D eigenvalue weighted by Crippen LogP contribution is -1.95. The molecule has 0 atom stereocenters. The number of carbonyl (C=O) groups excluding carboxylic acids is 1. The van der Waals surface area contributed by atoms with Gasteiger partial charge in [-0.3, -0.25) is 4.79 Å². The predicted molar refractivity (Wildman–Crippen MR) is 57.1 cm³/mol. The maximum atomic E-state index is 13.4. The Balaban J connectivity index is 2.62. The minimum absolute atomic E-state index is 0.104. The smallest absolute Gasteiger partial charge is 0.152 e. The summed E-state index contributed by atoms with van der Waals surface area (Å²) in [5, 5.41) is 0. The Morgan fingerprint density at radius 2 is 1.44 bits per heavy atom. The van der Waals surface area contributed by atoms with Crippen molar-refractivity contribution in [3.8, 4) is 11.1 Å². The van der Waals surface area contributed by atoms with E-state index in [0.717, 1.165) is 12.1 Å². The van der Waals surface area contributed by atoms with Crippen LogP contribution in [0.4, 0.5) is 17.6 Å². The molecule has 0 aromatic heterocycles. The molecule has 1 nitrogen and oxygen atoms in total. The van der Waals surface area contributed by atoms with Crippen LogP contribution in [0.1, 0.15) is 10.4 Å². The van der Waals surface area contributed by atoms with E-state index in [1.807, 2.05) is 0 Å². The molecule has 0 radical (unpaired) electrons. The van der Waals surface area contributed by atoms with Gasteiger partial charge in [0, 0.05) is 12.1 Å². The molecule has 0 saturated heterocycles. The van der Waals surface area contributed by atoms with Crippen LogP contribution < -0.4 is 0 Å². The van der Waals surface area contributed by atoms with Crippen LogP contribution in [-0.2, 0) is 0 Å². The van der Waals surface area contributed by atoms with Crippen LogP contribution in [-0.4, -0.2) is 6.29 Å². The molecule has 2 aromatic rings. The van der Waals surface area contributed by atoms with E-state index in [-0.39, 0.29) is 17.4 Å². The van der Waals surface area contributed by atoms with Crippen molar-refractivity contribution in [2.24, 2.45) is 0 Å². The zero-order chi connectivity index (χ0) is 13.3. The highest BCUT2D eigenvalue weighted by molar-refractivity contribution is 5.77. The molecule has 0 spiro atoms. The first-order chi connectivity index (χ1) is 8.52. The van der Waals surface area contributed by atoms with Gasteiger partial charge < -0.3 is 0 Å². The lowest BCUT2D eigenvalue weighted by molar-refractivity contribution is 0.112. The summed E-state index contributed by atoms with van der Waals surface area (Å²) in [5.41, 5.74) is -0.859. The standard InChI is InChI=1S/C13H6F4O/c14-9-4-11(16)13(12(17)5-9)7-1-2-8(6-18)10(15)3-7/h1-6H. The summed E-state index contributed by atoms with van der Waals surface area (Å²) < 4.78 is 52.9. The van der Waals surface area contributed by atoms with Crippen LogP contribution in [0.2, 0.25) is 0 Å². The van der Waals surface area contributed by atoms with Crippen molar-refractivity contribution in [3.63, 3.8) is 0 Å². The molecule has 0 aliphatic heterocycles. The van der Waals surface area contributed by atoms with E-state index >= 15 is 0 Å². The molecule has 92 valence electrons. The van der Waals surface area contributed by atoms with E-state index in [0.29, 0.717) is 12.1 Å². The average Bonchev–Trinajstić information content (AvgIpc) is 2.27. The fraction of sp³-hybridized carbons (Fsp3) is 0. The van der Waals surface area contributed by atoms with Gasteiger partial charge in [-0.1, -0.05) is 6.07 Å². The number of halogens is 4. The Labute approximate surface area is 99.7 Å². The molecule has 0 aliphatic carbocycles. The van der Waals surface area contributed by atoms with Gasteiger partial charge in [-0.05, 0) is 17.7 Å². The van der Waals surface area contributed by atoms with E-state index in [4.69, 9.17) is 0 Å². The maximum Gasteiger partial charge on any atom is 0.152 e. The van der Waals surface area contributed by atoms with Crippen LogP contribution in [0, 0.1) is 23.3 Å². The van der Waals surface area contributed by atoms with Crippen LogP contribution in [0.5, 0.6) is 0 Å². The van der Waals surface area contributed by atoms with Crippen molar-refractivity contribution in [2.75, 3.05) is 0 Å². The molecule has 0 unspecified atom stereocenters. The molecule has 0 fully saturated rings. The van der Waals surface area contributed by atoms with Gasteiger partial charge in [0.1, 0.15) is 23.3 Å². The third-order valence-electron chi connectivity index (χ3n) is 2.42. The van der Waals surface area contributed by atoms with Gasteiger partial charge in [0.05, 0.1) is 11.1 Å². The monoisotopic (exact) mass is 254 g/mol. The molecule has 18 heavy (non-hydrogen) atoms. The average molecular weight is 254 g/mol. The molecule has 0 amide bonds. The highest BCUT2D eigenvalue weighted by Gasteiger charge is 2.15. The van der Waals surface area contributed by atoms with Crippen molar-refractivity contribution in [3.05, 3.63) is 59.2 Å². The first-order valence-electron chi connectivity index (χ1n) is 4.92. The molecule has 0 saturated carbocycles. The molecule has 2 aromatic carbocycles. The molecule has 0 aliphatic rings. The van der Waals surface area contributed by atoms with Crippen molar-refractivity contribution < 1.29 is 22.4 Å². The molecular formula is C13H6F4O. The van der Waals surface area contributed by atoms with Gasteiger partial charge in [0.15, 0.2) is 6.29 Å². The summed E-state index contributed by atoms with van der Waals surface area (Å²) in [7, 11) is 0. The Bertz CT molecular complexity index is 599. The molecule has 0 bridgehead atoms. The lowest BCUT2D eigenvalue weighted by atomic mass is 10.0. The highest BCUT2D eigenvalue weighted by Crippen LogP contribution is 2.28. The van der Waals surface area contributed by atoms with Crippen LogP contribution >= 0.6 is 0 Å². The second-order valence-electron chi connectivity index (χ2n) is 3.60. The minimum Gasteiger partial charge on any atom is -0.298 e. The number of benzene rings is 2. The summed E-state index contributed by atoms with van der Waals surface area (Å²) in [5.74, 6) is -4.22. The fourth-order valence-corrected chi connectivity index (χ4v) is 1.60. The summed E-state index contributed by atoms with van der Waals surface area (Å²) in [4.78, 5) is 10.4. The topological polar surface area (TPSA) is 17.1 Å². The molecule has 5 heteroatoms. The van der Waals surface area contributed by atoms with Crippen LogP contribution in [0.15, 0.2) is 30.3 Å². The molecule has 2 rings (SSSR count). The minimum atomic E-state index is -1.13. The Morgan fingerprint density at radius 3 is 1.94 bits per heavy atom. The summed E-state index contributed by atoms with van der Waals surface area (Å²) >= 11 is 0. The van der Waals surface area contributed by atoms with E-state index in [9.17, 15) is 22.4 Å². The number of aldehydes is 1. The van der Waals surface area contributed by atoms with Gasteiger partial charge in [0.25, 0.3) is 0 Å². The molecular weight excluding hydrogens is 248 g/mol. The first-order valence-corrected chi connectivity index (χ1v) is 4.92. The third-order valence-corrected chi connectivity index (χ3v) is 2.42. The largest absolute Gasteiger partial charge is 0.298 e. The van der Waals surface area contributed by atoms with Crippen LogP contribution in [0.3, 0.4) is 0 Å². The molecule has 0 N–H and O–H groups in total. The summed E-state index contributed by atoms with van der Waals surface area (Å²) in [6.45, 7) is 0. The maximum absolute atomic E-state index is 13.4. The zero-order valence-corrected chi connectivity index (χ0v) is 8.88. The lowest BCUT2D eigenvalue weighted by Gasteiger charge is -2.06. The summed E-state index contributed by atoms with van der Waals surface area (Å²) in [6.07, 6.45) is 0.288. The number of hydrogen-bond donors (Lipinski definition) is 0. The normalized spacial score (nSPS) is 10.4. The van der Waals surface area contributed by atoms with Crippen LogP contribution in [0.25, 0.3) is 11.1 Å². The van der Waals surface area contributed by atoms with Gasteiger partial charge in [-0.15, -0.1) is 0 Å². The Morgan fingerprint density at radius 1 is 0.833 bits per heavy atom. The number of hydrogen-bond acceptors (Lipinski definition) is 1. The Kier molecular flexibility index (Phi) is 3.14. The van der Waals surface area contributed by atoms with Crippen molar-refractivity contribution in [2.45, 2.75) is 0 Å². The zero-order valence-electron chi connectivity index (χ0n) is 8.88. The first kappa shape index (κ1) is 12.3. The van der Waals surface area contributed by atoms with Gasteiger partial charge >= 0.3 is 0 Å². The fourth-order valence-electron chi connectivity index (χ4n) is 1.60. The quantitative estimate of drug-likeness (QED) is 0.589.